The number of fused-ring (bicyclic) bond motifs is 1. The van der Waals surface area contributed by atoms with Crippen LogP contribution in [0.25, 0.3) is 0 Å². The van der Waals surface area contributed by atoms with Gasteiger partial charge in [0.15, 0.2) is 0 Å². The van der Waals surface area contributed by atoms with Crippen molar-refractivity contribution in [3.63, 3.8) is 0 Å². The summed E-state index contributed by atoms with van der Waals surface area (Å²) in [6.07, 6.45) is 2.76. The Hall–Kier alpha value is -2.94. The number of benzene rings is 2. The van der Waals surface area contributed by atoms with Gasteiger partial charge >= 0.3 is 0 Å². The SMILES string of the molecule is CC1(C)Cc2cc(C(=O)NS(C)(=O)=O)ccc2NC1c1cc(F)cc(N2CCCC2=O)c1. The van der Waals surface area contributed by atoms with Crippen LogP contribution in [0, 0.1) is 11.2 Å². The first kappa shape index (κ1) is 22.3. The largest absolute Gasteiger partial charge is 0.377 e. The standard InChI is InChI=1S/C23H26FN3O4S/c1-23(2)13-16-9-14(22(29)26-32(3,30)31)6-7-19(16)25-21(23)15-10-17(24)12-18(11-15)27-8-4-5-20(27)28/h6-7,9-12,21,25H,4-5,8,13H2,1-3H3,(H,26,29). The molecule has 170 valence electrons. The number of carbonyl (C=O) groups excluding carboxylic acids is 2. The van der Waals surface area contributed by atoms with Crippen molar-refractivity contribution in [1.29, 1.82) is 0 Å². The van der Waals surface area contributed by atoms with Gasteiger partial charge in [0, 0.05) is 29.9 Å². The molecule has 32 heavy (non-hydrogen) atoms. The van der Waals surface area contributed by atoms with Crippen molar-refractivity contribution < 1.29 is 22.4 Å². The molecule has 0 radical (unpaired) electrons. The van der Waals surface area contributed by atoms with E-state index in [0.717, 1.165) is 29.5 Å². The van der Waals surface area contributed by atoms with Crippen LogP contribution in [0.2, 0.25) is 0 Å². The smallest absolute Gasteiger partial charge is 0.264 e. The van der Waals surface area contributed by atoms with Gasteiger partial charge in [-0.1, -0.05) is 13.8 Å². The van der Waals surface area contributed by atoms with Crippen molar-refractivity contribution in [1.82, 2.24) is 4.72 Å². The number of sulfonamides is 1. The van der Waals surface area contributed by atoms with Gasteiger partial charge in [0.25, 0.3) is 5.91 Å². The van der Waals surface area contributed by atoms with Crippen molar-refractivity contribution in [3.05, 3.63) is 58.9 Å². The molecule has 0 saturated carbocycles. The molecule has 2 aromatic carbocycles. The summed E-state index contributed by atoms with van der Waals surface area (Å²) in [5, 5.41) is 3.45. The zero-order valence-corrected chi connectivity index (χ0v) is 19.1. The lowest BCUT2D eigenvalue weighted by Gasteiger charge is -2.41. The fourth-order valence-electron chi connectivity index (χ4n) is 4.57. The number of nitrogens with zero attached hydrogens (tertiary/aromatic N) is 1. The van der Waals surface area contributed by atoms with E-state index in [0.29, 0.717) is 25.1 Å². The molecule has 2 aromatic rings. The summed E-state index contributed by atoms with van der Waals surface area (Å²) in [6.45, 7) is 4.68. The molecular formula is C23H26FN3O4S. The number of nitrogens with one attached hydrogen (secondary N) is 2. The molecular weight excluding hydrogens is 433 g/mol. The third-order valence-electron chi connectivity index (χ3n) is 6.00. The summed E-state index contributed by atoms with van der Waals surface area (Å²) in [6, 6.07) is 9.50. The third kappa shape index (κ3) is 4.48. The molecule has 2 heterocycles. The molecule has 4 rings (SSSR count). The number of amides is 2. The topological polar surface area (TPSA) is 95.6 Å². The van der Waals surface area contributed by atoms with Crippen LogP contribution < -0.4 is 14.9 Å². The molecule has 0 bridgehead atoms. The maximum absolute atomic E-state index is 14.5. The quantitative estimate of drug-likeness (QED) is 0.731. The van der Waals surface area contributed by atoms with E-state index in [9.17, 15) is 22.4 Å². The molecule has 1 fully saturated rings. The van der Waals surface area contributed by atoms with Crippen molar-refractivity contribution in [2.45, 2.75) is 39.2 Å². The molecule has 7 nitrogen and oxygen atoms in total. The Balaban J connectivity index is 1.66. The Morgan fingerprint density at radius 2 is 1.97 bits per heavy atom. The predicted molar refractivity (Wildman–Crippen MR) is 121 cm³/mol. The van der Waals surface area contributed by atoms with Gasteiger partial charge in [0.1, 0.15) is 5.82 Å². The minimum atomic E-state index is -3.66. The lowest BCUT2D eigenvalue weighted by atomic mass is 9.72. The molecule has 0 aliphatic carbocycles. The molecule has 2 amide bonds. The Labute approximate surface area is 187 Å². The summed E-state index contributed by atoms with van der Waals surface area (Å²) in [7, 11) is -3.66. The lowest BCUT2D eigenvalue weighted by Crippen LogP contribution is -2.36. The number of anilines is 2. The number of rotatable bonds is 4. The fourth-order valence-corrected chi connectivity index (χ4v) is 5.02. The third-order valence-corrected chi connectivity index (χ3v) is 6.55. The molecule has 0 aromatic heterocycles. The van der Waals surface area contributed by atoms with Crippen LogP contribution in [0.15, 0.2) is 36.4 Å². The first-order valence-corrected chi connectivity index (χ1v) is 12.3. The highest BCUT2D eigenvalue weighted by Gasteiger charge is 2.37. The molecule has 0 spiro atoms. The first-order valence-electron chi connectivity index (χ1n) is 10.5. The molecule has 9 heteroatoms. The van der Waals surface area contributed by atoms with E-state index in [1.165, 1.54) is 12.1 Å². The van der Waals surface area contributed by atoms with Crippen molar-refractivity contribution in [3.8, 4) is 0 Å². The van der Waals surface area contributed by atoms with Gasteiger partial charge in [0.05, 0.1) is 12.3 Å². The predicted octanol–water partition coefficient (Wildman–Crippen LogP) is 3.38. The van der Waals surface area contributed by atoms with Gasteiger partial charge in [0.2, 0.25) is 15.9 Å². The highest BCUT2D eigenvalue weighted by molar-refractivity contribution is 7.89. The van der Waals surface area contributed by atoms with Gasteiger partial charge in [-0.3, -0.25) is 9.59 Å². The average molecular weight is 460 g/mol. The minimum Gasteiger partial charge on any atom is -0.377 e. The van der Waals surface area contributed by atoms with Crippen LogP contribution in [0.5, 0.6) is 0 Å². The van der Waals surface area contributed by atoms with Crippen LogP contribution in [0.1, 0.15) is 54.2 Å². The Morgan fingerprint density at radius 1 is 1.22 bits per heavy atom. The van der Waals surface area contributed by atoms with Crippen LogP contribution in [-0.2, 0) is 21.2 Å². The van der Waals surface area contributed by atoms with Gasteiger partial charge < -0.3 is 10.2 Å². The van der Waals surface area contributed by atoms with Crippen molar-refractivity contribution in [2.24, 2.45) is 5.41 Å². The maximum atomic E-state index is 14.5. The highest BCUT2D eigenvalue weighted by Crippen LogP contribution is 2.45. The average Bonchev–Trinajstić information content (AvgIpc) is 3.10. The number of hydrogen-bond donors (Lipinski definition) is 2. The summed E-state index contributed by atoms with van der Waals surface area (Å²) in [5.74, 6) is -1.07. The van der Waals surface area contributed by atoms with Gasteiger partial charge in [-0.05, 0) is 65.8 Å². The van der Waals surface area contributed by atoms with E-state index < -0.39 is 21.7 Å². The van der Waals surface area contributed by atoms with Crippen molar-refractivity contribution >= 4 is 33.2 Å². The summed E-state index contributed by atoms with van der Waals surface area (Å²) in [4.78, 5) is 26.0. The Morgan fingerprint density at radius 3 is 2.62 bits per heavy atom. The molecule has 1 atom stereocenters. The fraction of sp³-hybridized carbons (Fsp3) is 0.391. The van der Waals surface area contributed by atoms with E-state index in [1.54, 1.807) is 23.1 Å². The maximum Gasteiger partial charge on any atom is 0.264 e. The van der Waals surface area contributed by atoms with Crippen molar-refractivity contribution in [2.75, 3.05) is 23.0 Å². The van der Waals surface area contributed by atoms with Gasteiger partial charge in [-0.15, -0.1) is 0 Å². The second-order valence-electron chi connectivity index (χ2n) is 9.21. The summed E-state index contributed by atoms with van der Waals surface area (Å²) >= 11 is 0. The van der Waals surface area contributed by atoms with E-state index in [2.05, 4.69) is 5.32 Å². The number of hydrogen-bond acceptors (Lipinski definition) is 5. The van der Waals surface area contributed by atoms with E-state index in [-0.39, 0.29) is 22.9 Å². The zero-order chi connectivity index (χ0) is 23.3. The highest BCUT2D eigenvalue weighted by atomic mass is 32.2. The molecule has 1 saturated heterocycles. The van der Waals surface area contributed by atoms with Crippen LogP contribution >= 0.6 is 0 Å². The number of carbonyl (C=O) groups is 2. The normalized spacial score (nSPS) is 19.9. The van der Waals surface area contributed by atoms with Gasteiger partial charge in [-0.25, -0.2) is 17.5 Å². The monoisotopic (exact) mass is 459 g/mol. The number of halogens is 1. The summed E-state index contributed by atoms with van der Waals surface area (Å²) < 4.78 is 39.3. The Kier molecular flexibility index (Phi) is 5.48. The molecule has 1 unspecified atom stereocenters. The lowest BCUT2D eigenvalue weighted by molar-refractivity contribution is -0.117. The van der Waals surface area contributed by atoms with Crippen LogP contribution in [0.3, 0.4) is 0 Å². The molecule has 2 aliphatic heterocycles. The van der Waals surface area contributed by atoms with Gasteiger partial charge in [-0.2, -0.15) is 0 Å². The van der Waals surface area contributed by atoms with E-state index >= 15 is 0 Å². The first-order chi connectivity index (χ1) is 14.9. The van der Waals surface area contributed by atoms with Crippen LogP contribution in [-0.4, -0.2) is 33.0 Å². The Bertz CT molecular complexity index is 1210. The molecule has 2 aliphatic rings. The molecule has 2 N–H and O–H groups in total. The zero-order valence-electron chi connectivity index (χ0n) is 18.2. The summed E-state index contributed by atoms with van der Waals surface area (Å²) in [5.41, 5.74) is 2.89. The van der Waals surface area contributed by atoms with E-state index in [1.807, 2.05) is 24.6 Å². The van der Waals surface area contributed by atoms with Crippen LogP contribution in [0.4, 0.5) is 15.8 Å². The van der Waals surface area contributed by atoms with E-state index in [4.69, 9.17) is 0 Å². The second-order valence-corrected chi connectivity index (χ2v) is 11.0. The second kappa shape index (κ2) is 7.88. The minimum absolute atomic E-state index is 0.00246.